The molecule has 0 saturated heterocycles. The minimum absolute atomic E-state index is 0.0284. The minimum Gasteiger partial charge on any atom is -0.458 e. The Morgan fingerprint density at radius 3 is 1.89 bits per heavy atom. The number of aryl methyl sites for hydroxylation is 3. The number of fused-ring (bicyclic) bond motifs is 8. The molecule has 0 unspecified atom stereocenters. The van der Waals surface area contributed by atoms with Gasteiger partial charge in [0.15, 0.2) is 0 Å². The van der Waals surface area contributed by atoms with Crippen LogP contribution in [0.4, 0.5) is 17.1 Å². The smallest absolute Gasteiger partial charge is 0.260 e. The predicted molar refractivity (Wildman–Crippen MR) is 189 cm³/mol. The molecule has 4 aliphatic heterocycles. The van der Waals surface area contributed by atoms with Crippen LogP contribution in [0.5, 0.6) is 34.5 Å². The number of para-hydroxylation sites is 2. The summed E-state index contributed by atoms with van der Waals surface area (Å²) in [6.45, 7) is 6.37. The Balaban J connectivity index is 1.25. The SMILES string of the molecule is Cc1cc2c3c(c1)Oc1cc4c(cc1B3c1ccccc1O2)B1c2cc(C)c(C)cc2N(c2ccccc2)c2cc(Cl)cc(c21)O4. The second-order valence-electron chi connectivity index (χ2n) is 12.8. The minimum atomic E-state index is -0.0560. The Hall–Kier alpha value is -5.06. The second-order valence-corrected chi connectivity index (χ2v) is 13.3. The predicted octanol–water partition coefficient (Wildman–Crippen LogP) is 6.40. The normalized spacial score (nSPS) is 14.0. The highest BCUT2D eigenvalue weighted by atomic mass is 35.5. The topological polar surface area (TPSA) is 30.9 Å². The van der Waals surface area contributed by atoms with Crippen molar-refractivity contribution in [3.05, 3.63) is 125 Å². The lowest BCUT2D eigenvalue weighted by Crippen LogP contribution is -2.62. The molecule has 0 bridgehead atoms. The summed E-state index contributed by atoms with van der Waals surface area (Å²) in [4.78, 5) is 2.33. The molecule has 10 rings (SSSR count). The van der Waals surface area contributed by atoms with E-state index in [-0.39, 0.29) is 13.4 Å². The number of hydrogen-bond donors (Lipinski definition) is 0. The van der Waals surface area contributed by atoms with Crippen molar-refractivity contribution < 1.29 is 14.2 Å². The summed E-state index contributed by atoms with van der Waals surface area (Å²) in [6, 6.07) is 36.2. The number of rotatable bonds is 1. The van der Waals surface area contributed by atoms with Gasteiger partial charge < -0.3 is 19.1 Å². The summed E-state index contributed by atoms with van der Waals surface area (Å²) >= 11 is 6.85. The van der Waals surface area contributed by atoms with E-state index >= 15 is 0 Å². The van der Waals surface area contributed by atoms with Crippen molar-refractivity contribution in [2.24, 2.45) is 0 Å². The van der Waals surface area contributed by atoms with E-state index in [2.05, 4.69) is 117 Å². The fraction of sp³-hybridized carbons (Fsp3) is 0.0769. The van der Waals surface area contributed by atoms with Crippen molar-refractivity contribution in [2.75, 3.05) is 4.90 Å². The highest BCUT2D eigenvalue weighted by Gasteiger charge is 2.46. The van der Waals surface area contributed by atoms with E-state index in [1.165, 1.54) is 16.6 Å². The molecule has 0 atom stereocenters. The van der Waals surface area contributed by atoms with Gasteiger partial charge in [-0.25, -0.2) is 0 Å². The van der Waals surface area contributed by atoms with Crippen molar-refractivity contribution in [1.82, 2.24) is 0 Å². The van der Waals surface area contributed by atoms with Gasteiger partial charge in [0, 0.05) is 33.6 Å². The lowest BCUT2D eigenvalue weighted by atomic mass is 9.31. The average molecular weight is 614 g/mol. The fourth-order valence-electron chi connectivity index (χ4n) is 7.91. The first-order chi connectivity index (χ1) is 22.4. The largest absolute Gasteiger partial charge is 0.458 e. The summed E-state index contributed by atoms with van der Waals surface area (Å²) in [5.74, 6) is 4.93. The summed E-state index contributed by atoms with van der Waals surface area (Å²) in [5.41, 5.74) is 13.7. The maximum atomic E-state index is 6.85. The summed E-state index contributed by atoms with van der Waals surface area (Å²) in [6.07, 6.45) is 0. The molecule has 0 saturated carbocycles. The van der Waals surface area contributed by atoms with Gasteiger partial charge in [0.2, 0.25) is 0 Å². The molecule has 7 heteroatoms. The van der Waals surface area contributed by atoms with E-state index in [0.29, 0.717) is 5.02 Å². The first-order valence-electron chi connectivity index (χ1n) is 15.7. The van der Waals surface area contributed by atoms with Gasteiger partial charge in [-0.2, -0.15) is 0 Å². The molecule has 0 N–H and O–H groups in total. The van der Waals surface area contributed by atoms with E-state index in [1.807, 2.05) is 12.1 Å². The lowest BCUT2D eigenvalue weighted by molar-refractivity contribution is 0.455. The number of hydrogen-bond acceptors (Lipinski definition) is 4. The zero-order valence-electron chi connectivity index (χ0n) is 25.5. The van der Waals surface area contributed by atoms with Gasteiger partial charge in [-0.1, -0.05) is 60.1 Å². The summed E-state index contributed by atoms with van der Waals surface area (Å²) in [5, 5.41) is 0.633. The number of nitrogens with zero attached hydrogens (tertiary/aromatic N) is 1. The lowest BCUT2D eigenvalue weighted by Gasteiger charge is -2.41. The van der Waals surface area contributed by atoms with Gasteiger partial charge in [0.25, 0.3) is 13.4 Å². The zero-order valence-corrected chi connectivity index (χ0v) is 26.3. The van der Waals surface area contributed by atoms with Crippen LogP contribution in [0.15, 0.2) is 103 Å². The molecular weight excluding hydrogens is 588 g/mol. The van der Waals surface area contributed by atoms with Crippen LogP contribution in [-0.2, 0) is 0 Å². The van der Waals surface area contributed by atoms with Gasteiger partial charge in [-0.05, 0) is 113 Å². The van der Waals surface area contributed by atoms with Crippen LogP contribution in [0, 0.1) is 20.8 Å². The van der Waals surface area contributed by atoms with E-state index in [4.69, 9.17) is 25.8 Å². The molecule has 4 nitrogen and oxygen atoms in total. The van der Waals surface area contributed by atoms with Crippen molar-refractivity contribution in [3.63, 3.8) is 0 Å². The van der Waals surface area contributed by atoms with Crippen LogP contribution in [-0.4, -0.2) is 13.4 Å². The summed E-state index contributed by atoms with van der Waals surface area (Å²) in [7, 11) is 0. The van der Waals surface area contributed by atoms with Gasteiger partial charge >= 0.3 is 0 Å². The van der Waals surface area contributed by atoms with Crippen LogP contribution in [0.2, 0.25) is 5.02 Å². The average Bonchev–Trinajstić information content (AvgIpc) is 3.04. The second kappa shape index (κ2) is 9.24. The molecule has 46 heavy (non-hydrogen) atoms. The molecule has 0 spiro atoms. The molecule has 4 heterocycles. The van der Waals surface area contributed by atoms with Crippen LogP contribution >= 0.6 is 11.6 Å². The van der Waals surface area contributed by atoms with Crippen molar-refractivity contribution in [1.29, 1.82) is 0 Å². The Morgan fingerprint density at radius 2 is 1.13 bits per heavy atom. The Morgan fingerprint density at radius 1 is 0.500 bits per heavy atom. The maximum Gasteiger partial charge on any atom is 0.260 e. The molecule has 6 aromatic rings. The van der Waals surface area contributed by atoms with E-state index < -0.39 is 0 Å². The Bertz CT molecular complexity index is 2320. The monoisotopic (exact) mass is 613 g/mol. The standard InChI is InChI=1S/C39H26B2ClNO3/c1-21-13-35-39-36(14-21)45-33-20-34-29(19-28(33)40(39)26-11-7-8-12-32(26)44-35)41-27-15-22(2)23(3)16-30(27)43(25-9-5-4-6-10-25)31-17-24(42)18-37(46-34)38(31)41/h4-20H,1-3H3. The van der Waals surface area contributed by atoms with Crippen molar-refractivity contribution in [3.8, 4) is 34.5 Å². The molecule has 0 radical (unpaired) electrons. The fourth-order valence-corrected chi connectivity index (χ4v) is 8.11. The van der Waals surface area contributed by atoms with Crippen LogP contribution in [0.1, 0.15) is 16.7 Å². The van der Waals surface area contributed by atoms with E-state index in [9.17, 15) is 0 Å². The third-order valence-corrected chi connectivity index (χ3v) is 10.2. The molecule has 6 aromatic carbocycles. The zero-order chi connectivity index (χ0) is 30.8. The van der Waals surface area contributed by atoms with Crippen molar-refractivity contribution in [2.45, 2.75) is 20.8 Å². The van der Waals surface area contributed by atoms with Crippen LogP contribution in [0.3, 0.4) is 0 Å². The molecule has 0 amide bonds. The maximum absolute atomic E-state index is 6.85. The number of halogens is 1. The van der Waals surface area contributed by atoms with Gasteiger partial charge in [-0.3, -0.25) is 0 Å². The molecule has 4 aliphatic rings. The Kier molecular flexibility index (Phi) is 5.26. The van der Waals surface area contributed by atoms with Crippen molar-refractivity contribution >= 4 is 74.9 Å². The number of benzene rings is 6. The Labute approximate surface area is 273 Å². The third kappa shape index (κ3) is 3.53. The summed E-state index contributed by atoms with van der Waals surface area (Å²) < 4.78 is 19.9. The van der Waals surface area contributed by atoms with E-state index in [0.717, 1.165) is 84.4 Å². The van der Waals surface area contributed by atoms with Gasteiger partial charge in [0.05, 0.1) is 0 Å². The molecule has 218 valence electrons. The van der Waals surface area contributed by atoms with Crippen LogP contribution < -0.4 is 51.9 Å². The first-order valence-corrected chi connectivity index (χ1v) is 16.1. The van der Waals surface area contributed by atoms with Crippen LogP contribution in [0.25, 0.3) is 0 Å². The third-order valence-electron chi connectivity index (χ3n) is 10.0. The molecule has 0 aromatic heterocycles. The molecule has 0 fully saturated rings. The molecule has 0 aliphatic carbocycles. The quantitative estimate of drug-likeness (QED) is 0.201. The first kappa shape index (κ1) is 26.2. The molecular formula is C39H26B2ClNO3. The van der Waals surface area contributed by atoms with Gasteiger partial charge in [0.1, 0.15) is 34.5 Å². The van der Waals surface area contributed by atoms with Gasteiger partial charge in [-0.15, -0.1) is 0 Å². The van der Waals surface area contributed by atoms with E-state index in [1.54, 1.807) is 0 Å². The number of ether oxygens (including phenoxy) is 3. The number of anilines is 3. The highest BCUT2D eigenvalue weighted by Crippen LogP contribution is 2.44. The highest BCUT2D eigenvalue weighted by molar-refractivity contribution is 7.01.